The molecule has 2 N–H and O–H groups in total. The Bertz CT molecular complexity index is 405. The lowest BCUT2D eigenvalue weighted by Gasteiger charge is -2.32. The predicted molar refractivity (Wildman–Crippen MR) is 73.7 cm³/mol. The average Bonchev–Trinajstić information content (AvgIpc) is 2.39. The molecular weight excluding hydrogens is 228 g/mol. The summed E-state index contributed by atoms with van der Waals surface area (Å²) in [5, 5.41) is 7.17. The second-order valence-corrected chi connectivity index (χ2v) is 6.13. The molecule has 2 aliphatic heterocycles. The third-order valence-corrected chi connectivity index (χ3v) is 4.95. The summed E-state index contributed by atoms with van der Waals surface area (Å²) < 4.78 is 0. The first-order chi connectivity index (χ1) is 8.34. The third kappa shape index (κ3) is 2.37. The monoisotopic (exact) mass is 248 g/mol. The molecule has 0 radical (unpaired) electrons. The van der Waals surface area contributed by atoms with Crippen molar-refractivity contribution in [1.82, 2.24) is 10.6 Å². The van der Waals surface area contributed by atoms with Gasteiger partial charge in [-0.15, -0.1) is 11.8 Å². The smallest absolute Gasteiger partial charge is 0.0473 e. The molecule has 3 rings (SSSR count). The Morgan fingerprint density at radius 2 is 2.12 bits per heavy atom. The summed E-state index contributed by atoms with van der Waals surface area (Å²) in [7, 11) is 0. The van der Waals surface area contributed by atoms with Crippen LogP contribution in [0.15, 0.2) is 23.1 Å². The van der Waals surface area contributed by atoms with Gasteiger partial charge in [0.25, 0.3) is 0 Å². The lowest BCUT2D eigenvalue weighted by Crippen LogP contribution is -2.49. The number of rotatable bonds is 1. The molecular formula is C14H20N2S. The van der Waals surface area contributed by atoms with Crippen molar-refractivity contribution in [2.75, 3.05) is 18.8 Å². The molecule has 0 aromatic heterocycles. The van der Waals surface area contributed by atoms with E-state index < -0.39 is 0 Å². The molecule has 2 unspecified atom stereocenters. The van der Waals surface area contributed by atoms with Crippen LogP contribution >= 0.6 is 11.8 Å². The van der Waals surface area contributed by atoms with Crippen molar-refractivity contribution in [1.29, 1.82) is 0 Å². The van der Waals surface area contributed by atoms with E-state index in [1.165, 1.54) is 29.1 Å². The van der Waals surface area contributed by atoms with Gasteiger partial charge < -0.3 is 10.6 Å². The van der Waals surface area contributed by atoms with E-state index in [1.54, 1.807) is 5.56 Å². The Kier molecular flexibility index (Phi) is 3.41. The summed E-state index contributed by atoms with van der Waals surface area (Å²) in [6.07, 6.45) is 2.58. The van der Waals surface area contributed by atoms with Gasteiger partial charge in [0.2, 0.25) is 0 Å². The zero-order valence-electron chi connectivity index (χ0n) is 10.3. The molecule has 2 aliphatic rings. The molecule has 1 aromatic carbocycles. The van der Waals surface area contributed by atoms with E-state index in [-0.39, 0.29) is 0 Å². The zero-order chi connectivity index (χ0) is 11.7. The summed E-state index contributed by atoms with van der Waals surface area (Å²) >= 11 is 2.01. The summed E-state index contributed by atoms with van der Waals surface area (Å²) in [5.41, 5.74) is 3.00. The number of benzene rings is 1. The standard InChI is InChI=1S/C14H20N2S/c1-10-14(16-7-6-15-10)12-4-5-13-11(9-12)3-2-8-17-13/h4-5,9-10,14-16H,2-3,6-8H2,1H3. The molecule has 0 aliphatic carbocycles. The fourth-order valence-corrected chi connectivity index (χ4v) is 3.82. The Balaban J connectivity index is 1.87. The molecule has 1 saturated heterocycles. The van der Waals surface area contributed by atoms with E-state index in [1.807, 2.05) is 11.8 Å². The van der Waals surface area contributed by atoms with E-state index >= 15 is 0 Å². The van der Waals surface area contributed by atoms with Crippen molar-refractivity contribution in [3.05, 3.63) is 29.3 Å². The van der Waals surface area contributed by atoms with Gasteiger partial charge in [0.15, 0.2) is 0 Å². The van der Waals surface area contributed by atoms with Crippen molar-refractivity contribution in [3.8, 4) is 0 Å². The molecule has 2 atom stereocenters. The first-order valence-electron chi connectivity index (χ1n) is 6.57. The molecule has 0 bridgehead atoms. The van der Waals surface area contributed by atoms with Gasteiger partial charge in [-0.2, -0.15) is 0 Å². The van der Waals surface area contributed by atoms with Gasteiger partial charge in [-0.05, 0) is 42.7 Å². The highest BCUT2D eigenvalue weighted by Gasteiger charge is 2.22. The largest absolute Gasteiger partial charge is 0.311 e. The first-order valence-corrected chi connectivity index (χ1v) is 7.55. The van der Waals surface area contributed by atoms with Crippen LogP contribution in [0, 0.1) is 0 Å². The molecule has 1 aromatic rings. The minimum absolute atomic E-state index is 0.473. The van der Waals surface area contributed by atoms with Gasteiger partial charge in [-0.25, -0.2) is 0 Å². The van der Waals surface area contributed by atoms with Gasteiger partial charge in [-0.1, -0.05) is 12.1 Å². The van der Waals surface area contributed by atoms with Gasteiger partial charge in [-0.3, -0.25) is 0 Å². The predicted octanol–water partition coefficient (Wildman–Crippen LogP) is 2.35. The quantitative estimate of drug-likeness (QED) is 0.798. The van der Waals surface area contributed by atoms with Crippen LogP contribution in [-0.2, 0) is 6.42 Å². The highest BCUT2D eigenvalue weighted by molar-refractivity contribution is 7.99. The molecule has 0 spiro atoms. The normalized spacial score (nSPS) is 28.8. The lowest BCUT2D eigenvalue weighted by molar-refractivity contribution is 0.345. The van der Waals surface area contributed by atoms with E-state index in [0.29, 0.717) is 12.1 Å². The highest BCUT2D eigenvalue weighted by atomic mass is 32.2. The molecule has 17 heavy (non-hydrogen) atoms. The van der Waals surface area contributed by atoms with Gasteiger partial charge in [0, 0.05) is 30.1 Å². The topological polar surface area (TPSA) is 24.1 Å². The SMILES string of the molecule is CC1NCCNC1c1ccc2c(c1)CCCS2. The van der Waals surface area contributed by atoms with Crippen molar-refractivity contribution >= 4 is 11.8 Å². The van der Waals surface area contributed by atoms with Crippen LogP contribution in [0.2, 0.25) is 0 Å². The van der Waals surface area contributed by atoms with Crippen LogP contribution in [0.1, 0.15) is 30.5 Å². The number of nitrogens with one attached hydrogen (secondary N) is 2. The summed E-state index contributed by atoms with van der Waals surface area (Å²) in [6.45, 7) is 4.42. The molecule has 92 valence electrons. The molecule has 2 nitrogen and oxygen atoms in total. The van der Waals surface area contributed by atoms with Crippen molar-refractivity contribution in [2.24, 2.45) is 0 Å². The Hall–Kier alpha value is -0.510. The maximum Gasteiger partial charge on any atom is 0.0473 e. The second-order valence-electron chi connectivity index (χ2n) is 4.99. The van der Waals surface area contributed by atoms with Crippen molar-refractivity contribution in [3.63, 3.8) is 0 Å². The highest BCUT2D eigenvalue weighted by Crippen LogP contribution is 2.32. The number of hydrogen-bond donors (Lipinski definition) is 2. The summed E-state index contributed by atoms with van der Waals surface area (Å²) in [5.74, 6) is 1.28. The Labute approximate surface area is 108 Å². The van der Waals surface area contributed by atoms with Crippen LogP contribution < -0.4 is 10.6 Å². The van der Waals surface area contributed by atoms with Gasteiger partial charge in [0.05, 0.1) is 0 Å². The second kappa shape index (κ2) is 5.01. The fraction of sp³-hybridized carbons (Fsp3) is 0.571. The van der Waals surface area contributed by atoms with E-state index in [4.69, 9.17) is 0 Å². The van der Waals surface area contributed by atoms with Crippen molar-refractivity contribution in [2.45, 2.75) is 36.7 Å². The maximum atomic E-state index is 3.62. The lowest BCUT2D eigenvalue weighted by atomic mass is 9.96. The molecule has 0 saturated carbocycles. The zero-order valence-corrected chi connectivity index (χ0v) is 11.1. The van der Waals surface area contributed by atoms with Crippen LogP contribution in [0.5, 0.6) is 0 Å². The van der Waals surface area contributed by atoms with Crippen LogP contribution in [0.4, 0.5) is 0 Å². The third-order valence-electron chi connectivity index (χ3n) is 3.75. The minimum Gasteiger partial charge on any atom is -0.311 e. The Morgan fingerprint density at radius 1 is 1.24 bits per heavy atom. The number of piperazine rings is 1. The number of fused-ring (bicyclic) bond motifs is 1. The van der Waals surface area contributed by atoms with E-state index in [9.17, 15) is 0 Å². The van der Waals surface area contributed by atoms with Crippen molar-refractivity contribution < 1.29 is 0 Å². The molecule has 2 heterocycles. The number of thioether (sulfide) groups is 1. The van der Waals surface area contributed by atoms with Crippen LogP contribution in [0.25, 0.3) is 0 Å². The Morgan fingerprint density at radius 3 is 3.00 bits per heavy atom. The minimum atomic E-state index is 0.473. The van der Waals surface area contributed by atoms with E-state index in [0.717, 1.165) is 13.1 Å². The maximum absolute atomic E-state index is 3.62. The van der Waals surface area contributed by atoms with E-state index in [2.05, 4.69) is 35.8 Å². The average molecular weight is 248 g/mol. The molecule has 1 fully saturated rings. The fourth-order valence-electron chi connectivity index (χ4n) is 2.80. The van der Waals surface area contributed by atoms with Crippen LogP contribution in [0.3, 0.4) is 0 Å². The molecule has 3 heteroatoms. The first kappa shape index (κ1) is 11.6. The summed E-state index contributed by atoms with van der Waals surface area (Å²) in [4.78, 5) is 1.50. The van der Waals surface area contributed by atoms with Gasteiger partial charge >= 0.3 is 0 Å². The molecule has 0 amide bonds. The number of hydrogen-bond acceptors (Lipinski definition) is 3. The number of aryl methyl sites for hydroxylation is 1. The summed E-state index contributed by atoms with van der Waals surface area (Å²) in [6, 6.07) is 8.04. The van der Waals surface area contributed by atoms with Gasteiger partial charge in [0.1, 0.15) is 0 Å². The van der Waals surface area contributed by atoms with Crippen LogP contribution in [-0.4, -0.2) is 24.9 Å².